The van der Waals surface area contributed by atoms with Gasteiger partial charge in [-0.2, -0.15) is 5.10 Å². The molecule has 0 spiro atoms. The Hall–Kier alpha value is -3.75. The van der Waals surface area contributed by atoms with E-state index in [4.69, 9.17) is 9.47 Å². The van der Waals surface area contributed by atoms with Gasteiger partial charge in [0.25, 0.3) is 0 Å². The molecule has 1 aliphatic carbocycles. The lowest BCUT2D eigenvalue weighted by Gasteiger charge is -2.22. The van der Waals surface area contributed by atoms with Gasteiger partial charge in [-0.05, 0) is 57.9 Å². The van der Waals surface area contributed by atoms with E-state index < -0.39 is 17.2 Å². The van der Waals surface area contributed by atoms with Gasteiger partial charge in [-0.1, -0.05) is 6.07 Å². The summed E-state index contributed by atoms with van der Waals surface area (Å²) >= 11 is 0. The Labute approximate surface area is 185 Å². The van der Waals surface area contributed by atoms with Crippen LogP contribution in [-0.4, -0.2) is 49.9 Å². The highest BCUT2D eigenvalue weighted by Gasteiger charge is 2.53. The molecular weight excluding hydrogens is 410 g/mol. The van der Waals surface area contributed by atoms with Gasteiger partial charge in [0.05, 0.1) is 30.4 Å². The van der Waals surface area contributed by atoms with Gasteiger partial charge < -0.3 is 14.8 Å². The number of Topliss-reactive ketones (excluding diaryl/α,β-unsaturated/α-hetero) is 1. The Kier molecular flexibility index (Phi) is 5.41. The standard InChI is InChI=1S/C23H25N5O4/c1-22(2,3)32-21(30)26-23(10-11-23)20(29)17-13-18(16-7-5-6-12-24-16)28(27-17)15-8-9-19(31-4)25-14-15/h5-9,12-14H,10-11H2,1-4H3,(H,26,30). The van der Waals surface area contributed by atoms with Gasteiger partial charge in [-0.15, -0.1) is 0 Å². The number of nitrogens with one attached hydrogen (secondary N) is 1. The number of ketones is 1. The lowest BCUT2D eigenvalue weighted by atomic mass is 10.1. The van der Waals surface area contributed by atoms with E-state index >= 15 is 0 Å². The van der Waals surface area contributed by atoms with Gasteiger partial charge in [0, 0.05) is 12.3 Å². The van der Waals surface area contributed by atoms with E-state index in [1.54, 1.807) is 63.2 Å². The molecule has 0 unspecified atom stereocenters. The fourth-order valence-corrected chi connectivity index (χ4v) is 3.28. The van der Waals surface area contributed by atoms with Crippen molar-refractivity contribution in [1.82, 2.24) is 25.1 Å². The Morgan fingerprint density at radius 1 is 1.12 bits per heavy atom. The lowest BCUT2D eigenvalue weighted by molar-refractivity contribution is 0.0482. The number of ether oxygens (including phenoxy) is 2. The first-order chi connectivity index (χ1) is 15.2. The summed E-state index contributed by atoms with van der Waals surface area (Å²) < 4.78 is 12.1. The predicted molar refractivity (Wildman–Crippen MR) is 117 cm³/mol. The lowest BCUT2D eigenvalue weighted by Crippen LogP contribution is -2.45. The molecule has 1 aliphatic rings. The molecule has 1 fully saturated rings. The third kappa shape index (κ3) is 4.46. The monoisotopic (exact) mass is 435 g/mol. The maximum absolute atomic E-state index is 13.4. The molecule has 3 heterocycles. The summed E-state index contributed by atoms with van der Waals surface area (Å²) in [5, 5.41) is 7.30. The zero-order valence-corrected chi connectivity index (χ0v) is 18.5. The van der Waals surface area contributed by atoms with E-state index in [9.17, 15) is 9.59 Å². The Balaban J connectivity index is 1.68. The van der Waals surface area contributed by atoms with Crippen LogP contribution in [0, 0.1) is 0 Å². The fourth-order valence-electron chi connectivity index (χ4n) is 3.28. The Morgan fingerprint density at radius 2 is 1.91 bits per heavy atom. The summed E-state index contributed by atoms with van der Waals surface area (Å²) in [4.78, 5) is 34.3. The molecule has 4 rings (SSSR count). The van der Waals surface area contributed by atoms with E-state index in [-0.39, 0.29) is 11.5 Å². The molecular formula is C23H25N5O4. The number of hydrogen-bond acceptors (Lipinski definition) is 7. The average molecular weight is 435 g/mol. The number of methoxy groups -OCH3 is 1. The van der Waals surface area contributed by atoms with E-state index in [1.807, 2.05) is 18.2 Å². The number of pyridine rings is 2. The van der Waals surface area contributed by atoms with Gasteiger partial charge in [-0.25, -0.2) is 14.5 Å². The van der Waals surface area contributed by atoms with Crippen molar-refractivity contribution in [2.24, 2.45) is 0 Å². The van der Waals surface area contributed by atoms with Crippen LogP contribution in [0.25, 0.3) is 17.1 Å². The van der Waals surface area contributed by atoms with Crippen LogP contribution in [0.5, 0.6) is 5.88 Å². The summed E-state index contributed by atoms with van der Waals surface area (Å²) in [6.45, 7) is 5.33. The summed E-state index contributed by atoms with van der Waals surface area (Å²) in [7, 11) is 1.54. The average Bonchev–Trinajstić information content (AvgIpc) is 3.40. The molecule has 9 nitrogen and oxygen atoms in total. The number of carbonyl (C=O) groups excluding carboxylic acids is 2. The van der Waals surface area contributed by atoms with Crippen molar-refractivity contribution in [2.45, 2.75) is 44.8 Å². The van der Waals surface area contributed by atoms with Crippen molar-refractivity contribution in [3.05, 3.63) is 54.5 Å². The number of alkyl carbamates (subject to hydrolysis) is 1. The van der Waals surface area contributed by atoms with Gasteiger partial charge in [-0.3, -0.25) is 9.78 Å². The van der Waals surface area contributed by atoms with Crippen LogP contribution in [0.3, 0.4) is 0 Å². The third-order valence-electron chi connectivity index (χ3n) is 4.97. The minimum Gasteiger partial charge on any atom is -0.481 e. The van der Waals surface area contributed by atoms with Crippen LogP contribution in [-0.2, 0) is 4.74 Å². The molecule has 0 atom stereocenters. The molecule has 1 saturated carbocycles. The smallest absolute Gasteiger partial charge is 0.408 e. The first-order valence-electron chi connectivity index (χ1n) is 10.3. The van der Waals surface area contributed by atoms with Crippen LogP contribution in [0.2, 0.25) is 0 Å². The second-order valence-corrected chi connectivity index (χ2v) is 8.64. The number of hydrogen-bond donors (Lipinski definition) is 1. The molecule has 0 saturated heterocycles. The van der Waals surface area contributed by atoms with Crippen LogP contribution in [0.1, 0.15) is 44.1 Å². The van der Waals surface area contributed by atoms with Crippen molar-refractivity contribution < 1.29 is 19.1 Å². The largest absolute Gasteiger partial charge is 0.481 e. The number of rotatable bonds is 6. The van der Waals surface area contributed by atoms with Crippen molar-refractivity contribution in [3.8, 4) is 23.0 Å². The van der Waals surface area contributed by atoms with Crippen molar-refractivity contribution in [1.29, 1.82) is 0 Å². The molecule has 3 aromatic heterocycles. The SMILES string of the molecule is COc1ccc(-n2nc(C(=O)C3(NC(=O)OC(C)(C)C)CC3)cc2-c2ccccn2)cn1. The van der Waals surface area contributed by atoms with Crippen LogP contribution >= 0.6 is 0 Å². The number of aromatic nitrogens is 4. The molecule has 1 amide bonds. The fraction of sp³-hybridized carbons (Fsp3) is 0.348. The Morgan fingerprint density at radius 3 is 2.47 bits per heavy atom. The van der Waals surface area contributed by atoms with Crippen molar-refractivity contribution in [3.63, 3.8) is 0 Å². The van der Waals surface area contributed by atoms with E-state index in [1.165, 1.54) is 0 Å². The topological polar surface area (TPSA) is 108 Å². The molecule has 166 valence electrons. The van der Waals surface area contributed by atoms with Crippen LogP contribution in [0.4, 0.5) is 4.79 Å². The van der Waals surface area contributed by atoms with Gasteiger partial charge in [0.1, 0.15) is 16.8 Å². The zero-order chi connectivity index (χ0) is 22.9. The molecule has 0 aliphatic heterocycles. The second kappa shape index (κ2) is 8.07. The number of amides is 1. The minimum absolute atomic E-state index is 0.232. The summed E-state index contributed by atoms with van der Waals surface area (Å²) in [5.74, 6) is 0.204. The first-order valence-corrected chi connectivity index (χ1v) is 10.3. The number of carbonyl (C=O) groups is 2. The van der Waals surface area contributed by atoms with Crippen LogP contribution in [0.15, 0.2) is 48.8 Å². The Bertz CT molecular complexity index is 1130. The first kappa shape index (κ1) is 21.5. The zero-order valence-electron chi connectivity index (χ0n) is 18.5. The molecule has 0 aromatic carbocycles. The highest BCUT2D eigenvalue weighted by Crippen LogP contribution is 2.39. The van der Waals surface area contributed by atoms with E-state index in [2.05, 4.69) is 20.4 Å². The summed E-state index contributed by atoms with van der Waals surface area (Å²) in [6.07, 6.45) is 3.72. The van der Waals surface area contributed by atoms with Gasteiger partial charge >= 0.3 is 6.09 Å². The van der Waals surface area contributed by atoms with Crippen molar-refractivity contribution >= 4 is 11.9 Å². The normalized spacial score (nSPS) is 14.5. The molecule has 32 heavy (non-hydrogen) atoms. The minimum atomic E-state index is -0.999. The highest BCUT2D eigenvalue weighted by molar-refractivity contribution is 6.06. The summed E-state index contributed by atoms with van der Waals surface area (Å²) in [6, 6.07) is 10.7. The van der Waals surface area contributed by atoms with E-state index in [0.717, 1.165) is 0 Å². The molecule has 1 N–H and O–H groups in total. The predicted octanol–water partition coefficient (Wildman–Crippen LogP) is 3.58. The third-order valence-corrected chi connectivity index (χ3v) is 4.97. The molecule has 3 aromatic rings. The molecule has 9 heteroatoms. The van der Waals surface area contributed by atoms with Crippen molar-refractivity contribution in [2.75, 3.05) is 7.11 Å². The second-order valence-electron chi connectivity index (χ2n) is 8.64. The van der Waals surface area contributed by atoms with E-state index in [0.29, 0.717) is 35.8 Å². The maximum atomic E-state index is 13.4. The van der Waals surface area contributed by atoms with Crippen LogP contribution < -0.4 is 10.1 Å². The summed E-state index contributed by atoms with van der Waals surface area (Å²) in [5.41, 5.74) is 0.513. The number of nitrogens with zero attached hydrogens (tertiary/aromatic N) is 4. The highest BCUT2D eigenvalue weighted by atomic mass is 16.6. The molecule has 0 bridgehead atoms. The quantitative estimate of drug-likeness (QED) is 0.590. The molecule has 0 radical (unpaired) electrons. The van der Waals surface area contributed by atoms with Gasteiger partial charge in [0.2, 0.25) is 11.7 Å². The maximum Gasteiger partial charge on any atom is 0.408 e. The van der Waals surface area contributed by atoms with Gasteiger partial charge in [0.15, 0.2) is 0 Å².